The van der Waals surface area contributed by atoms with Gasteiger partial charge in [0.1, 0.15) is 0 Å². The van der Waals surface area contributed by atoms with Gasteiger partial charge in [0.25, 0.3) is 0 Å². The minimum Gasteiger partial charge on any atom is -0.481 e. The van der Waals surface area contributed by atoms with E-state index in [-0.39, 0.29) is 12.8 Å². The highest BCUT2D eigenvalue weighted by Gasteiger charge is 2.33. The predicted molar refractivity (Wildman–Crippen MR) is 156 cm³/mol. The maximum atomic E-state index is 13.3. The molecule has 0 bridgehead atoms. The molecule has 0 rings (SSSR count). The van der Waals surface area contributed by atoms with Crippen LogP contribution in [0.3, 0.4) is 0 Å². The first-order valence-electron chi connectivity index (χ1n) is 14.6. The fraction of sp³-hybridized carbons (Fsp3) is 0.643. The zero-order valence-corrected chi connectivity index (χ0v) is 25.8. The number of Topliss-reactive ketones (excluding diaryl/α,β-unsaturated/α-hetero) is 2. The van der Waals surface area contributed by atoms with Crippen molar-refractivity contribution in [1.29, 1.82) is 0 Å². The smallest absolute Gasteiger partial charge is 0.303 e. The van der Waals surface area contributed by atoms with Crippen LogP contribution in [-0.4, -0.2) is 110 Å². The number of aliphatic carboxylic acids is 5. The number of amides is 3. The second-order valence-electron chi connectivity index (χ2n) is 10.7. The summed E-state index contributed by atoms with van der Waals surface area (Å²) in [7, 11) is 1.25. The van der Waals surface area contributed by atoms with Gasteiger partial charge in [-0.2, -0.15) is 0 Å². The lowest BCUT2D eigenvalue weighted by Gasteiger charge is -2.25. The van der Waals surface area contributed by atoms with Gasteiger partial charge in [-0.1, -0.05) is 0 Å². The van der Waals surface area contributed by atoms with E-state index < -0.39 is 153 Å². The average Bonchev–Trinajstić information content (AvgIpc) is 2.98. The van der Waals surface area contributed by atoms with Crippen molar-refractivity contribution in [3.8, 4) is 0 Å². The van der Waals surface area contributed by atoms with Crippen molar-refractivity contribution in [2.24, 2.45) is 17.6 Å². The van der Waals surface area contributed by atoms with Crippen LogP contribution in [0.1, 0.15) is 77.0 Å². The molecule has 0 saturated carbocycles. The number of carboxylic acids is 5. The van der Waals surface area contributed by atoms with Crippen molar-refractivity contribution >= 4 is 59.1 Å². The second-order valence-corrected chi connectivity index (χ2v) is 10.7. The number of hydrogen-bond donors (Lipinski definition) is 9. The van der Waals surface area contributed by atoms with Crippen molar-refractivity contribution in [3.05, 3.63) is 0 Å². The molecule has 10 N–H and O–H groups in total. The number of hydrogen-bond acceptors (Lipinski definition) is 11. The topological polar surface area (TPSA) is 334 Å². The first kappa shape index (κ1) is 42.1. The number of carboxylic acid groups (broad SMARTS) is 5. The highest BCUT2D eigenvalue weighted by molar-refractivity contribution is 5.96. The van der Waals surface area contributed by atoms with Gasteiger partial charge in [-0.3, -0.25) is 47.9 Å². The van der Waals surface area contributed by atoms with Crippen LogP contribution < -0.4 is 21.7 Å². The standard InChI is InChI=1S/C28H42N4O15/c1-30-26(45)14(2-7-21(35)36)12-19(33)17(5-10-24(41)42)31-27(46)15(3-8-22(37)38)13-20(34)18(6-11-25(43)44)32-28(47)16(29)4-9-23(39)40/h14-18H,2-13,29H2,1H3,(H,30,45)(H,31,46)(H,32,47)(H,35,36)(H,37,38)(H,39,40)(H,41,42)(H,43,44)/t14-,15-,16+,17+,18+/m0/s1. The maximum Gasteiger partial charge on any atom is 0.303 e. The number of carbonyl (C=O) groups excluding carboxylic acids is 5. The van der Waals surface area contributed by atoms with Crippen LogP contribution >= 0.6 is 0 Å². The Labute approximate surface area is 268 Å². The van der Waals surface area contributed by atoms with Crippen LogP contribution in [0.5, 0.6) is 0 Å². The molecule has 5 atom stereocenters. The normalized spacial score (nSPS) is 13.9. The zero-order chi connectivity index (χ0) is 36.3. The van der Waals surface area contributed by atoms with Gasteiger partial charge >= 0.3 is 29.8 Å². The quantitative estimate of drug-likeness (QED) is 0.0504. The predicted octanol–water partition coefficient (Wildman–Crippen LogP) is -1.50. The Morgan fingerprint density at radius 2 is 0.809 bits per heavy atom. The molecule has 0 saturated heterocycles. The van der Waals surface area contributed by atoms with Crippen LogP contribution in [-0.2, 0) is 47.9 Å². The van der Waals surface area contributed by atoms with Gasteiger partial charge in [-0.05, 0) is 32.1 Å². The summed E-state index contributed by atoms with van der Waals surface area (Å²) in [5.41, 5.74) is 5.67. The number of ketones is 2. The SMILES string of the molecule is CNC(=O)[C@@H](CCC(=O)O)CC(=O)[C@@H](CCC(=O)O)NC(=O)[C@@H](CCC(=O)O)CC(=O)[C@@H](CCC(=O)O)NC(=O)[C@H](N)CCC(=O)O. The molecule has 264 valence electrons. The molecular formula is C28H42N4O15. The number of rotatable bonds is 26. The Kier molecular flexibility index (Phi) is 19.5. The Bertz CT molecular complexity index is 1190. The lowest BCUT2D eigenvalue weighted by molar-refractivity contribution is -0.141. The molecule has 0 spiro atoms. The fourth-order valence-electron chi connectivity index (χ4n) is 4.36. The summed E-state index contributed by atoms with van der Waals surface area (Å²) in [5.74, 6) is -13.6. The summed E-state index contributed by atoms with van der Waals surface area (Å²) in [6, 6.07) is -4.44. The monoisotopic (exact) mass is 674 g/mol. The summed E-state index contributed by atoms with van der Waals surface area (Å²) in [6.07, 6.45) is -6.13. The Hall–Kier alpha value is -4.94. The minimum absolute atomic E-state index is 0.250. The Morgan fingerprint density at radius 1 is 0.489 bits per heavy atom. The van der Waals surface area contributed by atoms with Gasteiger partial charge in [0, 0.05) is 63.8 Å². The number of nitrogens with one attached hydrogen (secondary N) is 3. The van der Waals surface area contributed by atoms with E-state index >= 15 is 0 Å². The molecular weight excluding hydrogens is 632 g/mol. The molecule has 0 aromatic carbocycles. The fourth-order valence-corrected chi connectivity index (χ4v) is 4.36. The lowest BCUT2D eigenvalue weighted by atomic mass is 9.89. The van der Waals surface area contributed by atoms with Crippen LogP contribution in [0.25, 0.3) is 0 Å². The number of carbonyl (C=O) groups is 10. The molecule has 0 aromatic heterocycles. The van der Waals surface area contributed by atoms with E-state index in [1.807, 2.05) is 0 Å². The molecule has 3 amide bonds. The van der Waals surface area contributed by atoms with E-state index in [1.165, 1.54) is 7.05 Å². The van der Waals surface area contributed by atoms with Gasteiger partial charge < -0.3 is 47.2 Å². The first-order valence-corrected chi connectivity index (χ1v) is 14.6. The second kappa shape index (κ2) is 21.7. The van der Waals surface area contributed by atoms with E-state index in [2.05, 4.69) is 16.0 Å². The molecule has 19 heteroatoms. The van der Waals surface area contributed by atoms with E-state index in [0.29, 0.717) is 0 Å². The molecule has 0 heterocycles. The summed E-state index contributed by atoms with van der Waals surface area (Å²) in [6.45, 7) is 0. The summed E-state index contributed by atoms with van der Waals surface area (Å²) >= 11 is 0. The van der Waals surface area contributed by atoms with Crippen LogP contribution in [0.15, 0.2) is 0 Å². The molecule has 0 aliphatic heterocycles. The molecule has 19 nitrogen and oxygen atoms in total. The molecule has 0 radical (unpaired) electrons. The van der Waals surface area contributed by atoms with Crippen molar-refractivity contribution < 1.29 is 73.5 Å². The van der Waals surface area contributed by atoms with Crippen molar-refractivity contribution in [1.82, 2.24) is 16.0 Å². The van der Waals surface area contributed by atoms with Gasteiger partial charge in [-0.25, -0.2) is 0 Å². The first-order chi connectivity index (χ1) is 21.9. The molecule has 0 aromatic rings. The minimum atomic E-state index is -1.53. The highest BCUT2D eigenvalue weighted by atomic mass is 16.4. The summed E-state index contributed by atoms with van der Waals surface area (Å²) in [5, 5.41) is 52.0. The Balaban J connectivity index is 6.13. The zero-order valence-electron chi connectivity index (χ0n) is 25.8. The largest absolute Gasteiger partial charge is 0.481 e. The van der Waals surface area contributed by atoms with Crippen LogP contribution in [0.2, 0.25) is 0 Å². The third kappa shape index (κ3) is 18.6. The Morgan fingerprint density at radius 3 is 1.17 bits per heavy atom. The van der Waals surface area contributed by atoms with E-state index in [4.69, 9.17) is 26.2 Å². The molecule has 47 heavy (non-hydrogen) atoms. The maximum absolute atomic E-state index is 13.3. The number of nitrogens with two attached hydrogens (primary N) is 1. The van der Waals surface area contributed by atoms with Gasteiger partial charge in [0.15, 0.2) is 11.6 Å². The van der Waals surface area contributed by atoms with Crippen molar-refractivity contribution in [2.45, 2.75) is 95.2 Å². The van der Waals surface area contributed by atoms with E-state index in [1.54, 1.807) is 0 Å². The lowest BCUT2D eigenvalue weighted by Crippen LogP contribution is -2.50. The van der Waals surface area contributed by atoms with Crippen LogP contribution in [0.4, 0.5) is 0 Å². The average molecular weight is 675 g/mol. The third-order valence-electron chi connectivity index (χ3n) is 7.01. The van der Waals surface area contributed by atoms with E-state index in [0.717, 1.165) is 0 Å². The van der Waals surface area contributed by atoms with Gasteiger partial charge in [-0.15, -0.1) is 0 Å². The van der Waals surface area contributed by atoms with Gasteiger partial charge in [0.2, 0.25) is 17.7 Å². The van der Waals surface area contributed by atoms with Gasteiger partial charge in [0.05, 0.1) is 18.1 Å². The van der Waals surface area contributed by atoms with E-state index in [9.17, 15) is 53.1 Å². The highest BCUT2D eigenvalue weighted by Crippen LogP contribution is 2.19. The van der Waals surface area contributed by atoms with Crippen LogP contribution in [0, 0.1) is 11.8 Å². The summed E-state index contributed by atoms with van der Waals surface area (Å²) < 4.78 is 0. The molecule has 0 unspecified atom stereocenters. The molecule has 0 aliphatic rings. The molecule has 0 fully saturated rings. The van der Waals surface area contributed by atoms with Crippen molar-refractivity contribution in [2.75, 3.05) is 7.05 Å². The summed E-state index contributed by atoms with van der Waals surface area (Å²) in [4.78, 5) is 120. The third-order valence-corrected chi connectivity index (χ3v) is 7.01. The van der Waals surface area contributed by atoms with Crippen molar-refractivity contribution in [3.63, 3.8) is 0 Å². The molecule has 0 aliphatic carbocycles.